The van der Waals surface area contributed by atoms with Crippen molar-refractivity contribution >= 4 is 28.9 Å². The van der Waals surface area contributed by atoms with E-state index < -0.39 is 10.9 Å². The summed E-state index contributed by atoms with van der Waals surface area (Å²) >= 11 is 5.93. The molecular formula is C12H11ClN4O4. The molecule has 9 heteroatoms. The maximum Gasteiger partial charge on any atom is 0.338 e. The summed E-state index contributed by atoms with van der Waals surface area (Å²) in [5, 5.41) is 22.8. The Kier molecular flexibility index (Phi) is 4.39. The fourth-order valence-electron chi connectivity index (χ4n) is 1.78. The molecule has 0 aliphatic heterocycles. The van der Waals surface area contributed by atoms with Crippen molar-refractivity contribution in [3.8, 4) is 0 Å². The molecule has 2 rings (SSSR count). The number of nitro benzene ring substituents is 1. The molecule has 0 unspecified atom stereocenters. The van der Waals surface area contributed by atoms with E-state index in [1.54, 1.807) is 23.3 Å². The summed E-state index contributed by atoms with van der Waals surface area (Å²) in [6.07, 6.45) is 5.01. The topological polar surface area (TPSA) is 110 Å². The van der Waals surface area contributed by atoms with Crippen molar-refractivity contribution in [1.82, 2.24) is 9.55 Å². The van der Waals surface area contributed by atoms with E-state index in [0.29, 0.717) is 13.1 Å². The van der Waals surface area contributed by atoms with E-state index in [0.717, 1.165) is 12.1 Å². The third-order valence-corrected chi connectivity index (χ3v) is 3.05. The molecule has 2 N–H and O–H groups in total. The Labute approximate surface area is 124 Å². The van der Waals surface area contributed by atoms with E-state index in [9.17, 15) is 14.9 Å². The first-order chi connectivity index (χ1) is 9.99. The molecule has 0 saturated heterocycles. The normalized spacial score (nSPS) is 10.3. The van der Waals surface area contributed by atoms with Gasteiger partial charge < -0.3 is 15.0 Å². The van der Waals surface area contributed by atoms with E-state index in [1.165, 1.54) is 0 Å². The third-order valence-electron chi connectivity index (χ3n) is 2.75. The van der Waals surface area contributed by atoms with Crippen LogP contribution in [-0.4, -0.2) is 32.1 Å². The second kappa shape index (κ2) is 6.23. The summed E-state index contributed by atoms with van der Waals surface area (Å²) in [6, 6.07) is 2.10. The van der Waals surface area contributed by atoms with Gasteiger partial charge in [0.25, 0.3) is 5.69 Å². The number of hydrogen-bond acceptors (Lipinski definition) is 5. The van der Waals surface area contributed by atoms with Gasteiger partial charge in [-0.2, -0.15) is 0 Å². The summed E-state index contributed by atoms with van der Waals surface area (Å²) in [4.78, 5) is 25.1. The highest BCUT2D eigenvalue weighted by Crippen LogP contribution is 2.31. The molecule has 0 bridgehead atoms. The summed E-state index contributed by atoms with van der Waals surface area (Å²) in [6.45, 7) is 0.945. The molecule has 0 aliphatic rings. The maximum absolute atomic E-state index is 11.2. The average molecular weight is 311 g/mol. The van der Waals surface area contributed by atoms with E-state index in [-0.39, 0.29) is 22.0 Å². The monoisotopic (exact) mass is 310 g/mol. The number of hydrogen-bond donors (Lipinski definition) is 2. The summed E-state index contributed by atoms with van der Waals surface area (Å²) in [5.74, 6) is -1.29. The molecule has 0 aliphatic carbocycles. The van der Waals surface area contributed by atoms with Gasteiger partial charge in [-0.25, -0.2) is 9.78 Å². The van der Waals surface area contributed by atoms with Gasteiger partial charge in [0.15, 0.2) is 0 Å². The van der Waals surface area contributed by atoms with Crippen LogP contribution in [0.5, 0.6) is 0 Å². The zero-order valence-electron chi connectivity index (χ0n) is 10.7. The van der Waals surface area contributed by atoms with Gasteiger partial charge >= 0.3 is 5.97 Å². The number of carboxylic acid groups (broad SMARTS) is 1. The number of nitrogens with one attached hydrogen (secondary N) is 1. The van der Waals surface area contributed by atoms with Gasteiger partial charge in [0, 0.05) is 37.6 Å². The number of nitro groups is 1. The quantitative estimate of drug-likeness (QED) is 0.625. The molecule has 0 radical (unpaired) electrons. The lowest BCUT2D eigenvalue weighted by Crippen LogP contribution is -2.13. The van der Waals surface area contributed by atoms with E-state index >= 15 is 0 Å². The van der Waals surface area contributed by atoms with Crippen molar-refractivity contribution in [2.24, 2.45) is 0 Å². The number of halogens is 1. The standard InChI is InChI=1S/C12H11ClN4O4/c13-10-6-8(17(20)21)5-9(12(18)19)11(10)15-2-4-16-3-1-14-7-16/h1,3,5-7,15H,2,4H2,(H,18,19). The van der Waals surface area contributed by atoms with Crippen molar-refractivity contribution in [3.63, 3.8) is 0 Å². The van der Waals surface area contributed by atoms with Gasteiger partial charge in [0.2, 0.25) is 0 Å². The Bertz CT molecular complexity index is 672. The molecule has 21 heavy (non-hydrogen) atoms. The molecule has 1 aromatic heterocycles. The Morgan fingerprint density at radius 2 is 2.29 bits per heavy atom. The number of carbonyl (C=O) groups is 1. The SMILES string of the molecule is O=C(O)c1cc([N+](=O)[O-])cc(Cl)c1NCCn1ccnc1. The van der Waals surface area contributed by atoms with Crippen LogP contribution < -0.4 is 5.32 Å². The van der Waals surface area contributed by atoms with Gasteiger partial charge in [0.05, 0.1) is 27.5 Å². The van der Waals surface area contributed by atoms with Crippen molar-refractivity contribution < 1.29 is 14.8 Å². The second-order valence-corrected chi connectivity index (χ2v) is 4.55. The minimum Gasteiger partial charge on any atom is -0.478 e. The van der Waals surface area contributed by atoms with Crippen molar-refractivity contribution in [2.45, 2.75) is 6.54 Å². The molecule has 1 aromatic carbocycles. The number of nitrogens with zero attached hydrogens (tertiary/aromatic N) is 3. The first-order valence-electron chi connectivity index (χ1n) is 5.90. The Morgan fingerprint density at radius 1 is 1.52 bits per heavy atom. The van der Waals surface area contributed by atoms with Gasteiger partial charge in [0.1, 0.15) is 0 Å². The van der Waals surface area contributed by atoms with Crippen LogP contribution in [0.2, 0.25) is 5.02 Å². The lowest BCUT2D eigenvalue weighted by Gasteiger charge is -2.11. The van der Waals surface area contributed by atoms with Crippen LogP contribution in [0.15, 0.2) is 30.9 Å². The van der Waals surface area contributed by atoms with Crippen LogP contribution in [0.1, 0.15) is 10.4 Å². The first kappa shape index (κ1) is 14.8. The summed E-state index contributed by atoms with van der Waals surface area (Å²) in [7, 11) is 0. The predicted octanol–water partition coefficient (Wildman–Crippen LogP) is 2.25. The maximum atomic E-state index is 11.2. The van der Waals surface area contributed by atoms with Crippen molar-refractivity contribution in [2.75, 3.05) is 11.9 Å². The van der Waals surface area contributed by atoms with Crippen LogP contribution in [-0.2, 0) is 6.54 Å². The number of imidazole rings is 1. The highest BCUT2D eigenvalue weighted by atomic mass is 35.5. The average Bonchev–Trinajstić information content (AvgIpc) is 2.92. The zero-order chi connectivity index (χ0) is 15.4. The van der Waals surface area contributed by atoms with Crippen LogP contribution >= 0.6 is 11.6 Å². The fraction of sp³-hybridized carbons (Fsp3) is 0.167. The number of aromatic carboxylic acids is 1. The minimum absolute atomic E-state index is 0.00719. The number of benzene rings is 1. The predicted molar refractivity (Wildman–Crippen MR) is 75.8 cm³/mol. The molecule has 0 amide bonds. The number of non-ortho nitro benzene ring substituents is 1. The van der Waals surface area contributed by atoms with Gasteiger partial charge in [-0.05, 0) is 0 Å². The number of carboxylic acids is 1. The smallest absolute Gasteiger partial charge is 0.338 e. The fourth-order valence-corrected chi connectivity index (χ4v) is 2.06. The number of anilines is 1. The Hall–Kier alpha value is -2.61. The summed E-state index contributed by atoms with van der Waals surface area (Å²) in [5.41, 5.74) is -0.438. The van der Waals surface area contributed by atoms with Crippen LogP contribution in [0.25, 0.3) is 0 Å². The zero-order valence-corrected chi connectivity index (χ0v) is 11.4. The molecule has 0 spiro atoms. The molecule has 0 saturated carbocycles. The second-order valence-electron chi connectivity index (χ2n) is 4.14. The molecular weight excluding hydrogens is 300 g/mol. The van der Waals surface area contributed by atoms with Gasteiger partial charge in [-0.15, -0.1) is 0 Å². The number of aromatic nitrogens is 2. The van der Waals surface area contributed by atoms with E-state index in [1.807, 2.05) is 0 Å². The highest BCUT2D eigenvalue weighted by molar-refractivity contribution is 6.34. The van der Waals surface area contributed by atoms with Crippen LogP contribution in [0, 0.1) is 10.1 Å². The lowest BCUT2D eigenvalue weighted by molar-refractivity contribution is -0.384. The van der Waals surface area contributed by atoms with Gasteiger partial charge in [-0.1, -0.05) is 11.6 Å². The van der Waals surface area contributed by atoms with Crippen LogP contribution in [0.4, 0.5) is 11.4 Å². The molecule has 0 atom stereocenters. The van der Waals surface area contributed by atoms with Crippen LogP contribution in [0.3, 0.4) is 0 Å². The molecule has 2 aromatic rings. The van der Waals surface area contributed by atoms with E-state index in [4.69, 9.17) is 16.7 Å². The van der Waals surface area contributed by atoms with E-state index in [2.05, 4.69) is 10.3 Å². The molecule has 8 nitrogen and oxygen atoms in total. The van der Waals surface area contributed by atoms with Crippen molar-refractivity contribution in [1.29, 1.82) is 0 Å². The number of rotatable bonds is 6. The Morgan fingerprint density at radius 3 is 2.86 bits per heavy atom. The summed E-state index contributed by atoms with van der Waals surface area (Å²) < 4.78 is 1.80. The Balaban J connectivity index is 2.21. The lowest BCUT2D eigenvalue weighted by atomic mass is 10.1. The largest absolute Gasteiger partial charge is 0.478 e. The minimum atomic E-state index is -1.29. The molecule has 110 valence electrons. The van der Waals surface area contributed by atoms with Crippen molar-refractivity contribution in [3.05, 3.63) is 51.6 Å². The molecule has 1 heterocycles. The first-order valence-corrected chi connectivity index (χ1v) is 6.27. The van der Waals surface area contributed by atoms with Gasteiger partial charge in [-0.3, -0.25) is 10.1 Å². The molecule has 0 fully saturated rings. The highest BCUT2D eigenvalue weighted by Gasteiger charge is 2.19. The third kappa shape index (κ3) is 3.48.